The first-order valence-corrected chi connectivity index (χ1v) is 7.67. The lowest BCUT2D eigenvalue weighted by atomic mass is 9.82. The van der Waals surface area contributed by atoms with Gasteiger partial charge in [0.15, 0.2) is 5.78 Å². The normalized spacial score (nSPS) is 23.2. The molecular formula is C16H20N2O3. The molecule has 0 radical (unpaired) electrons. The van der Waals surface area contributed by atoms with Gasteiger partial charge in [-0.15, -0.1) is 0 Å². The molecule has 0 aromatic rings. The van der Waals surface area contributed by atoms with Gasteiger partial charge in [0.25, 0.3) is 5.91 Å². The average molecular weight is 288 g/mol. The van der Waals surface area contributed by atoms with Crippen LogP contribution in [0.15, 0.2) is 22.8 Å². The highest BCUT2D eigenvalue weighted by molar-refractivity contribution is 6.21. The molecular weight excluding hydrogens is 268 g/mol. The van der Waals surface area contributed by atoms with Crippen LogP contribution in [-0.2, 0) is 14.4 Å². The maximum Gasteiger partial charge on any atom is 0.257 e. The molecule has 21 heavy (non-hydrogen) atoms. The summed E-state index contributed by atoms with van der Waals surface area (Å²) in [4.78, 5) is 37.8. The third-order valence-corrected chi connectivity index (χ3v) is 4.45. The minimum atomic E-state index is -0.214. The molecule has 0 saturated carbocycles. The van der Waals surface area contributed by atoms with Crippen LogP contribution >= 0.6 is 0 Å². The minimum absolute atomic E-state index is 0.0356. The molecule has 0 unspecified atom stereocenters. The number of carbonyl (C=O) groups is 3. The van der Waals surface area contributed by atoms with Crippen molar-refractivity contribution < 1.29 is 14.4 Å². The second kappa shape index (κ2) is 5.84. The second-order valence-corrected chi connectivity index (χ2v) is 5.89. The Labute approximate surface area is 124 Å². The van der Waals surface area contributed by atoms with Crippen molar-refractivity contribution in [1.29, 1.82) is 0 Å². The van der Waals surface area contributed by atoms with Crippen LogP contribution in [0.2, 0.25) is 0 Å². The van der Waals surface area contributed by atoms with Crippen molar-refractivity contribution >= 4 is 17.6 Å². The molecule has 3 rings (SSSR count). The zero-order valence-electron chi connectivity index (χ0n) is 12.1. The lowest BCUT2D eigenvalue weighted by molar-refractivity contribution is -0.129. The van der Waals surface area contributed by atoms with E-state index in [-0.39, 0.29) is 17.6 Å². The van der Waals surface area contributed by atoms with Crippen molar-refractivity contribution in [2.75, 3.05) is 19.6 Å². The van der Waals surface area contributed by atoms with E-state index in [1.54, 1.807) is 4.90 Å². The molecule has 5 nitrogen and oxygen atoms in total. The van der Waals surface area contributed by atoms with Gasteiger partial charge in [0.2, 0.25) is 5.91 Å². The van der Waals surface area contributed by atoms with Crippen molar-refractivity contribution in [2.24, 2.45) is 0 Å². The third kappa shape index (κ3) is 2.91. The van der Waals surface area contributed by atoms with E-state index in [0.29, 0.717) is 38.0 Å². The van der Waals surface area contributed by atoms with E-state index in [0.717, 1.165) is 25.7 Å². The summed E-state index contributed by atoms with van der Waals surface area (Å²) < 4.78 is 0. The largest absolute Gasteiger partial charge is 0.354 e. The van der Waals surface area contributed by atoms with Gasteiger partial charge >= 0.3 is 0 Å². The van der Waals surface area contributed by atoms with Crippen LogP contribution in [0, 0.1) is 0 Å². The Morgan fingerprint density at radius 1 is 1.10 bits per heavy atom. The number of Topliss-reactive ketones (excluding diaryl/α,β-unsaturated/α-hetero) is 1. The third-order valence-electron chi connectivity index (χ3n) is 4.45. The summed E-state index contributed by atoms with van der Waals surface area (Å²) in [5.41, 5.74) is 2.72. The van der Waals surface area contributed by atoms with Crippen LogP contribution in [0.25, 0.3) is 0 Å². The smallest absolute Gasteiger partial charge is 0.257 e. The van der Waals surface area contributed by atoms with Gasteiger partial charge < -0.3 is 10.2 Å². The predicted molar refractivity (Wildman–Crippen MR) is 77.4 cm³/mol. The van der Waals surface area contributed by atoms with Gasteiger partial charge in [0.05, 0.1) is 5.57 Å². The number of ketones is 1. The van der Waals surface area contributed by atoms with Crippen LogP contribution in [0.1, 0.15) is 38.5 Å². The van der Waals surface area contributed by atoms with E-state index in [4.69, 9.17) is 0 Å². The van der Waals surface area contributed by atoms with Gasteiger partial charge in [-0.25, -0.2) is 0 Å². The highest BCUT2D eigenvalue weighted by Crippen LogP contribution is 2.33. The van der Waals surface area contributed by atoms with Crippen LogP contribution in [0.3, 0.4) is 0 Å². The molecule has 0 aromatic heterocycles. The molecule has 2 aliphatic carbocycles. The number of nitrogens with one attached hydrogen (secondary N) is 1. The molecule has 1 aliphatic heterocycles. The standard InChI is InChI=1S/C16H20N2O3/c19-14-10-12-4-2-1-3-11(12)9-13(14)16(21)18-7-5-15(20)17-6-8-18/h9H,1-8,10H2,(H,17,20). The van der Waals surface area contributed by atoms with E-state index in [1.807, 2.05) is 6.08 Å². The van der Waals surface area contributed by atoms with Crippen LogP contribution in [-0.4, -0.2) is 42.1 Å². The number of carbonyl (C=O) groups excluding carboxylic acids is 3. The maximum atomic E-state index is 12.6. The topological polar surface area (TPSA) is 66.5 Å². The molecule has 1 heterocycles. The Bertz CT molecular complexity index is 560. The number of nitrogens with zero attached hydrogens (tertiary/aromatic N) is 1. The summed E-state index contributed by atoms with van der Waals surface area (Å²) in [6.45, 7) is 1.32. The summed E-state index contributed by atoms with van der Waals surface area (Å²) >= 11 is 0. The highest BCUT2D eigenvalue weighted by Gasteiger charge is 2.30. The fourth-order valence-electron chi connectivity index (χ4n) is 3.23. The quantitative estimate of drug-likeness (QED) is 0.735. The van der Waals surface area contributed by atoms with Crippen molar-refractivity contribution in [3.63, 3.8) is 0 Å². The van der Waals surface area contributed by atoms with Crippen molar-refractivity contribution in [3.8, 4) is 0 Å². The Balaban J connectivity index is 1.80. The first-order chi connectivity index (χ1) is 10.1. The first-order valence-electron chi connectivity index (χ1n) is 7.67. The monoisotopic (exact) mass is 288 g/mol. The Morgan fingerprint density at radius 2 is 1.90 bits per heavy atom. The summed E-state index contributed by atoms with van der Waals surface area (Å²) in [5, 5.41) is 2.74. The van der Waals surface area contributed by atoms with Gasteiger partial charge in [-0.2, -0.15) is 0 Å². The Hall–Kier alpha value is -1.91. The van der Waals surface area contributed by atoms with Gasteiger partial charge in [0.1, 0.15) is 0 Å². The molecule has 0 aromatic carbocycles. The zero-order chi connectivity index (χ0) is 14.8. The highest BCUT2D eigenvalue weighted by atomic mass is 16.2. The van der Waals surface area contributed by atoms with Gasteiger partial charge in [-0.1, -0.05) is 5.57 Å². The summed E-state index contributed by atoms with van der Waals surface area (Å²) in [7, 11) is 0. The van der Waals surface area contributed by atoms with E-state index in [2.05, 4.69) is 5.32 Å². The predicted octanol–water partition coefficient (Wildman–Crippen LogP) is 1.10. The zero-order valence-corrected chi connectivity index (χ0v) is 12.1. The van der Waals surface area contributed by atoms with E-state index >= 15 is 0 Å². The maximum absolute atomic E-state index is 12.6. The van der Waals surface area contributed by atoms with E-state index < -0.39 is 0 Å². The molecule has 0 spiro atoms. The molecule has 2 amide bonds. The number of allylic oxidation sites excluding steroid dienone is 3. The van der Waals surface area contributed by atoms with Crippen LogP contribution < -0.4 is 5.32 Å². The van der Waals surface area contributed by atoms with Gasteiger partial charge in [-0.05, 0) is 37.3 Å². The molecule has 1 saturated heterocycles. The minimum Gasteiger partial charge on any atom is -0.354 e. The Kier molecular flexibility index (Phi) is 3.90. The lowest BCUT2D eigenvalue weighted by Crippen LogP contribution is -2.37. The fraction of sp³-hybridized carbons (Fsp3) is 0.562. The molecule has 0 bridgehead atoms. The Morgan fingerprint density at radius 3 is 2.76 bits per heavy atom. The summed E-state index contributed by atoms with van der Waals surface area (Å²) in [6.07, 6.45) is 6.75. The molecule has 0 atom stereocenters. The number of hydrogen-bond acceptors (Lipinski definition) is 3. The molecule has 3 aliphatic rings. The number of hydrogen-bond donors (Lipinski definition) is 1. The van der Waals surface area contributed by atoms with Crippen molar-refractivity contribution in [1.82, 2.24) is 10.2 Å². The summed E-state index contributed by atoms with van der Waals surface area (Å²) in [6, 6.07) is 0. The van der Waals surface area contributed by atoms with Gasteiger partial charge in [-0.3, -0.25) is 14.4 Å². The van der Waals surface area contributed by atoms with Crippen LogP contribution in [0.5, 0.6) is 0 Å². The van der Waals surface area contributed by atoms with Crippen LogP contribution in [0.4, 0.5) is 0 Å². The average Bonchev–Trinajstić information content (AvgIpc) is 2.70. The molecule has 1 N–H and O–H groups in total. The SMILES string of the molecule is O=C1CCN(C(=O)C2=CC3=C(CCCC3)CC2=O)CCN1. The van der Waals surface area contributed by atoms with Crippen molar-refractivity contribution in [3.05, 3.63) is 22.8 Å². The van der Waals surface area contributed by atoms with Gasteiger partial charge in [0, 0.05) is 32.5 Å². The first kappa shape index (κ1) is 14.0. The fourth-order valence-corrected chi connectivity index (χ4v) is 3.23. The number of amides is 2. The van der Waals surface area contributed by atoms with E-state index in [1.165, 1.54) is 11.1 Å². The summed E-state index contributed by atoms with van der Waals surface area (Å²) in [5.74, 6) is -0.315. The molecule has 5 heteroatoms. The second-order valence-electron chi connectivity index (χ2n) is 5.89. The lowest BCUT2D eigenvalue weighted by Gasteiger charge is -2.26. The molecule has 1 fully saturated rings. The van der Waals surface area contributed by atoms with E-state index in [9.17, 15) is 14.4 Å². The molecule has 112 valence electrons. The van der Waals surface area contributed by atoms with Crippen molar-refractivity contribution in [2.45, 2.75) is 38.5 Å². The number of rotatable bonds is 1.